The fourth-order valence-corrected chi connectivity index (χ4v) is 4.04. The Balaban J connectivity index is 1.56. The van der Waals surface area contributed by atoms with Gasteiger partial charge in [0.2, 0.25) is 0 Å². The molecule has 0 N–H and O–H groups in total. The van der Waals surface area contributed by atoms with Crippen LogP contribution in [0.1, 0.15) is 35.8 Å². The predicted molar refractivity (Wildman–Crippen MR) is 113 cm³/mol. The highest BCUT2D eigenvalue weighted by Gasteiger charge is 2.29. The van der Waals surface area contributed by atoms with Crippen molar-refractivity contribution in [1.29, 1.82) is 0 Å². The number of likely N-dealkylation sites (tertiary alicyclic amines) is 1. The lowest BCUT2D eigenvalue weighted by Crippen LogP contribution is -2.41. The van der Waals surface area contributed by atoms with Crippen molar-refractivity contribution in [2.24, 2.45) is 5.92 Å². The van der Waals surface area contributed by atoms with Crippen LogP contribution in [0.5, 0.6) is 0 Å². The van der Waals surface area contributed by atoms with Crippen molar-refractivity contribution < 1.29 is 14.3 Å². The number of aryl methyl sites for hydroxylation is 1. The van der Waals surface area contributed by atoms with Crippen molar-refractivity contribution in [3.8, 4) is 11.3 Å². The van der Waals surface area contributed by atoms with Gasteiger partial charge in [0.15, 0.2) is 5.65 Å². The first kappa shape index (κ1) is 20.3. The van der Waals surface area contributed by atoms with Gasteiger partial charge in [0.1, 0.15) is 0 Å². The summed E-state index contributed by atoms with van der Waals surface area (Å²) in [7, 11) is 0. The first-order chi connectivity index (χ1) is 14.5. The van der Waals surface area contributed by atoms with Crippen molar-refractivity contribution >= 4 is 29.1 Å². The highest BCUT2D eigenvalue weighted by atomic mass is 35.5. The van der Waals surface area contributed by atoms with Crippen LogP contribution in [0, 0.1) is 12.8 Å². The molecular weight excluding hydrogens is 404 g/mol. The van der Waals surface area contributed by atoms with Crippen molar-refractivity contribution in [3.63, 3.8) is 0 Å². The summed E-state index contributed by atoms with van der Waals surface area (Å²) in [6, 6.07) is 9.34. The molecule has 1 aromatic carbocycles. The van der Waals surface area contributed by atoms with Crippen LogP contribution in [0.15, 0.2) is 36.5 Å². The lowest BCUT2D eigenvalue weighted by Gasteiger charge is -2.31. The third-order valence-electron chi connectivity index (χ3n) is 5.51. The van der Waals surface area contributed by atoms with Gasteiger partial charge in [-0.2, -0.15) is 5.10 Å². The van der Waals surface area contributed by atoms with Gasteiger partial charge in [0.05, 0.1) is 34.5 Å². The van der Waals surface area contributed by atoms with Crippen LogP contribution in [-0.4, -0.2) is 51.1 Å². The lowest BCUT2D eigenvalue weighted by atomic mass is 9.96. The number of fused-ring (bicyclic) bond motifs is 1. The molecule has 0 saturated carbocycles. The molecule has 156 valence electrons. The van der Waals surface area contributed by atoms with E-state index < -0.39 is 0 Å². The van der Waals surface area contributed by atoms with Gasteiger partial charge in [-0.25, -0.2) is 9.50 Å². The monoisotopic (exact) mass is 426 g/mol. The number of hydrogen-bond acceptors (Lipinski definition) is 5. The van der Waals surface area contributed by atoms with Crippen molar-refractivity contribution in [3.05, 3.63) is 52.8 Å². The van der Waals surface area contributed by atoms with Crippen molar-refractivity contribution in [1.82, 2.24) is 19.5 Å². The SMILES string of the molecule is CCOC(=O)C1CCN(C(=O)c2cnc3cc(-c4ccccc4Cl)nn3c2C)CC1. The van der Waals surface area contributed by atoms with Crippen molar-refractivity contribution in [2.75, 3.05) is 19.7 Å². The Kier molecular flexibility index (Phi) is 5.72. The summed E-state index contributed by atoms with van der Waals surface area (Å²) in [5, 5.41) is 5.24. The fraction of sp³-hybridized carbons (Fsp3) is 0.364. The number of amides is 1. The standard InChI is InChI=1S/C22H23ClN4O3/c1-3-30-22(29)15-8-10-26(11-9-15)21(28)17-13-24-20-12-19(25-27(20)14(17)2)16-6-4-5-7-18(16)23/h4-7,12-13,15H,3,8-11H2,1-2H3. The van der Waals surface area contributed by atoms with Crippen LogP contribution >= 0.6 is 11.6 Å². The molecule has 3 aromatic rings. The number of ether oxygens (including phenoxy) is 1. The second-order valence-corrected chi connectivity index (χ2v) is 7.76. The molecule has 2 aromatic heterocycles. The smallest absolute Gasteiger partial charge is 0.309 e. The molecule has 1 aliphatic rings. The minimum atomic E-state index is -0.174. The molecule has 0 radical (unpaired) electrons. The van der Waals surface area contributed by atoms with Crippen LogP contribution < -0.4 is 0 Å². The van der Waals surface area contributed by atoms with Crippen LogP contribution in [0.25, 0.3) is 16.9 Å². The fourth-order valence-electron chi connectivity index (χ4n) is 3.81. The number of benzene rings is 1. The van der Waals surface area contributed by atoms with Gasteiger partial charge >= 0.3 is 5.97 Å². The molecule has 1 saturated heterocycles. The minimum absolute atomic E-state index is 0.0981. The Morgan fingerprint density at radius 1 is 1.23 bits per heavy atom. The zero-order chi connectivity index (χ0) is 21.3. The first-order valence-electron chi connectivity index (χ1n) is 10.1. The number of hydrogen-bond donors (Lipinski definition) is 0. The number of piperidine rings is 1. The summed E-state index contributed by atoms with van der Waals surface area (Å²) in [5.41, 5.74) is 3.40. The lowest BCUT2D eigenvalue weighted by molar-refractivity contribution is -0.149. The quantitative estimate of drug-likeness (QED) is 0.593. The van der Waals surface area contributed by atoms with E-state index in [1.165, 1.54) is 0 Å². The number of carbonyl (C=O) groups is 2. The normalized spacial score (nSPS) is 14.8. The van der Waals surface area contributed by atoms with Crippen LogP contribution in [0.2, 0.25) is 5.02 Å². The van der Waals surface area contributed by atoms with Gasteiger partial charge in [-0.1, -0.05) is 29.8 Å². The molecule has 1 fully saturated rings. The third-order valence-corrected chi connectivity index (χ3v) is 5.84. The van der Waals surface area contributed by atoms with Crippen LogP contribution in [-0.2, 0) is 9.53 Å². The van der Waals surface area contributed by atoms with Gasteiger partial charge in [-0.3, -0.25) is 9.59 Å². The molecule has 1 aliphatic heterocycles. The average Bonchev–Trinajstić information content (AvgIpc) is 3.19. The summed E-state index contributed by atoms with van der Waals surface area (Å²) >= 11 is 6.30. The summed E-state index contributed by atoms with van der Waals surface area (Å²) < 4.78 is 6.78. The summed E-state index contributed by atoms with van der Waals surface area (Å²) in [6.45, 7) is 5.07. The Morgan fingerprint density at radius 3 is 2.67 bits per heavy atom. The topological polar surface area (TPSA) is 76.8 Å². The second-order valence-electron chi connectivity index (χ2n) is 7.36. The third kappa shape index (κ3) is 3.77. The maximum atomic E-state index is 13.1. The first-order valence-corrected chi connectivity index (χ1v) is 10.4. The van der Waals surface area contributed by atoms with Crippen LogP contribution in [0.4, 0.5) is 0 Å². The van der Waals surface area contributed by atoms with E-state index in [2.05, 4.69) is 10.1 Å². The summed E-state index contributed by atoms with van der Waals surface area (Å²) in [5.74, 6) is -0.411. The Labute approximate surface area is 179 Å². The van der Waals surface area contributed by atoms with E-state index >= 15 is 0 Å². The second kappa shape index (κ2) is 8.44. The molecule has 1 amide bonds. The van der Waals surface area contributed by atoms with E-state index in [4.69, 9.17) is 16.3 Å². The number of esters is 1. The van der Waals surface area contributed by atoms with Crippen LogP contribution in [0.3, 0.4) is 0 Å². The van der Waals surface area contributed by atoms with Gasteiger partial charge in [-0.05, 0) is 32.8 Å². The average molecular weight is 427 g/mol. The molecule has 0 aliphatic carbocycles. The Hall–Kier alpha value is -2.93. The molecule has 8 heteroatoms. The highest BCUT2D eigenvalue weighted by Crippen LogP contribution is 2.28. The summed E-state index contributed by atoms with van der Waals surface area (Å²) in [6.07, 6.45) is 2.82. The molecule has 7 nitrogen and oxygen atoms in total. The largest absolute Gasteiger partial charge is 0.466 e. The molecule has 0 unspecified atom stereocenters. The zero-order valence-electron chi connectivity index (χ0n) is 17.0. The molecule has 30 heavy (non-hydrogen) atoms. The maximum Gasteiger partial charge on any atom is 0.309 e. The number of nitrogens with zero attached hydrogens (tertiary/aromatic N) is 4. The van der Waals surface area contributed by atoms with Gasteiger partial charge in [-0.15, -0.1) is 0 Å². The molecule has 0 bridgehead atoms. The number of rotatable bonds is 4. The van der Waals surface area contributed by atoms with E-state index in [9.17, 15) is 9.59 Å². The van der Waals surface area contributed by atoms with E-state index in [0.717, 1.165) is 11.3 Å². The van der Waals surface area contributed by atoms with Gasteiger partial charge in [0.25, 0.3) is 5.91 Å². The molecule has 0 spiro atoms. The highest BCUT2D eigenvalue weighted by molar-refractivity contribution is 6.33. The molecule has 3 heterocycles. The molecule has 4 rings (SSSR count). The van der Waals surface area contributed by atoms with Gasteiger partial charge < -0.3 is 9.64 Å². The predicted octanol–water partition coefficient (Wildman–Crippen LogP) is 3.77. The zero-order valence-corrected chi connectivity index (χ0v) is 17.7. The number of aromatic nitrogens is 3. The van der Waals surface area contributed by atoms with Gasteiger partial charge in [0, 0.05) is 30.9 Å². The number of carbonyl (C=O) groups excluding carboxylic acids is 2. The number of halogens is 1. The van der Waals surface area contributed by atoms with E-state index in [-0.39, 0.29) is 17.8 Å². The van der Waals surface area contributed by atoms with E-state index in [0.29, 0.717) is 54.5 Å². The van der Waals surface area contributed by atoms with Crippen molar-refractivity contribution in [2.45, 2.75) is 26.7 Å². The summed E-state index contributed by atoms with van der Waals surface area (Å²) in [4.78, 5) is 31.2. The maximum absolute atomic E-state index is 13.1. The minimum Gasteiger partial charge on any atom is -0.466 e. The Morgan fingerprint density at radius 2 is 1.97 bits per heavy atom. The Bertz CT molecular complexity index is 1100. The van der Waals surface area contributed by atoms with E-state index in [1.54, 1.807) is 22.5 Å². The molecular formula is C22H23ClN4O3. The molecule has 0 atom stereocenters. The van der Waals surface area contributed by atoms with E-state index in [1.807, 2.05) is 37.3 Å².